The average Bonchev–Trinajstić information content (AvgIpc) is 3.20. The number of hydrogen-bond acceptors (Lipinski definition) is 5. The number of alkyl halides is 3. The summed E-state index contributed by atoms with van der Waals surface area (Å²) in [6, 6.07) is 4.81. The van der Waals surface area contributed by atoms with Crippen molar-refractivity contribution in [3.8, 4) is 5.75 Å². The summed E-state index contributed by atoms with van der Waals surface area (Å²) in [4.78, 5) is 29.4. The second-order valence-electron chi connectivity index (χ2n) is 7.39. The molecule has 1 aliphatic heterocycles. The summed E-state index contributed by atoms with van der Waals surface area (Å²) in [7, 11) is 0. The zero-order valence-corrected chi connectivity index (χ0v) is 16.5. The van der Waals surface area contributed by atoms with Gasteiger partial charge in [-0.1, -0.05) is 6.07 Å². The van der Waals surface area contributed by atoms with E-state index in [0.717, 1.165) is 29.8 Å². The molecular formula is C21H24F3N3O3. The molecule has 0 bridgehead atoms. The molecule has 1 saturated carbocycles. The molecule has 162 valence electrons. The molecule has 3 rings (SSSR count). The number of amides is 1. The van der Waals surface area contributed by atoms with Gasteiger partial charge in [0.05, 0.1) is 11.3 Å². The molecule has 0 aromatic heterocycles. The Balaban J connectivity index is 1.51. The number of rotatable bonds is 5. The SMILES string of the molecule is NC(C=O)=C1CCCC1=NCC(=O)N1CCC(Oc2cccc(C(F)(F)F)c2)CC1. The highest BCUT2D eigenvalue weighted by Gasteiger charge is 2.31. The van der Waals surface area contributed by atoms with Crippen molar-refractivity contribution in [2.45, 2.75) is 44.4 Å². The third-order valence-electron chi connectivity index (χ3n) is 5.33. The summed E-state index contributed by atoms with van der Waals surface area (Å²) in [6.07, 6.45) is -0.756. The zero-order valence-electron chi connectivity index (χ0n) is 16.5. The Bertz CT molecular complexity index is 857. The lowest BCUT2D eigenvalue weighted by molar-refractivity contribution is -0.138. The molecule has 2 aliphatic rings. The van der Waals surface area contributed by atoms with Gasteiger partial charge in [-0.05, 0) is 43.0 Å². The Kier molecular flexibility index (Phi) is 6.79. The molecule has 0 unspecified atom stereocenters. The van der Waals surface area contributed by atoms with E-state index < -0.39 is 11.7 Å². The highest BCUT2D eigenvalue weighted by Crippen LogP contribution is 2.32. The van der Waals surface area contributed by atoms with Gasteiger partial charge in [-0.3, -0.25) is 14.6 Å². The summed E-state index contributed by atoms with van der Waals surface area (Å²) in [5, 5.41) is 0. The van der Waals surface area contributed by atoms with Gasteiger partial charge in [0, 0.05) is 31.6 Å². The van der Waals surface area contributed by atoms with Gasteiger partial charge in [-0.25, -0.2) is 0 Å². The lowest BCUT2D eigenvalue weighted by atomic mass is 10.1. The quantitative estimate of drug-likeness (QED) is 0.583. The number of halogens is 3. The second-order valence-corrected chi connectivity index (χ2v) is 7.39. The van der Waals surface area contributed by atoms with Gasteiger partial charge >= 0.3 is 6.18 Å². The summed E-state index contributed by atoms with van der Waals surface area (Å²) < 4.78 is 44.2. The molecule has 1 aromatic rings. The molecule has 0 radical (unpaired) electrons. The van der Waals surface area contributed by atoms with Gasteiger partial charge < -0.3 is 15.4 Å². The number of carbonyl (C=O) groups is 2. The van der Waals surface area contributed by atoms with Crippen molar-refractivity contribution in [3.05, 3.63) is 41.1 Å². The molecule has 1 saturated heterocycles. The topological polar surface area (TPSA) is 85.0 Å². The first-order valence-electron chi connectivity index (χ1n) is 9.87. The summed E-state index contributed by atoms with van der Waals surface area (Å²) in [5.74, 6) is 0.0465. The van der Waals surface area contributed by atoms with Crippen LogP contribution in [0.1, 0.15) is 37.7 Å². The Hall–Kier alpha value is -2.84. The van der Waals surface area contributed by atoms with E-state index in [2.05, 4.69) is 4.99 Å². The molecule has 9 heteroatoms. The Morgan fingerprint density at radius 2 is 2.00 bits per heavy atom. The smallest absolute Gasteiger partial charge is 0.416 e. The molecule has 0 spiro atoms. The van der Waals surface area contributed by atoms with Gasteiger partial charge in [-0.2, -0.15) is 13.2 Å². The van der Waals surface area contributed by atoms with Crippen LogP contribution in [0.2, 0.25) is 0 Å². The minimum Gasteiger partial charge on any atom is -0.490 e. The number of allylic oxidation sites excluding steroid dienone is 2. The van der Waals surface area contributed by atoms with Crippen molar-refractivity contribution >= 4 is 17.9 Å². The van der Waals surface area contributed by atoms with Crippen LogP contribution in [0, 0.1) is 0 Å². The van der Waals surface area contributed by atoms with E-state index in [9.17, 15) is 22.8 Å². The van der Waals surface area contributed by atoms with Crippen molar-refractivity contribution in [1.29, 1.82) is 0 Å². The number of carbonyl (C=O) groups excluding carboxylic acids is 2. The van der Waals surface area contributed by atoms with Crippen LogP contribution in [0.4, 0.5) is 13.2 Å². The molecule has 0 atom stereocenters. The van der Waals surface area contributed by atoms with Crippen LogP contribution in [0.25, 0.3) is 0 Å². The predicted octanol–water partition coefficient (Wildman–Crippen LogP) is 3.11. The van der Waals surface area contributed by atoms with E-state index in [-0.39, 0.29) is 30.0 Å². The first-order chi connectivity index (χ1) is 14.3. The monoisotopic (exact) mass is 423 g/mol. The largest absolute Gasteiger partial charge is 0.490 e. The maximum atomic E-state index is 12.8. The third kappa shape index (κ3) is 5.40. The van der Waals surface area contributed by atoms with Gasteiger partial charge in [0.25, 0.3) is 0 Å². The Morgan fingerprint density at radius 1 is 1.27 bits per heavy atom. The van der Waals surface area contributed by atoms with Gasteiger partial charge in [0.15, 0.2) is 6.29 Å². The molecule has 2 N–H and O–H groups in total. The normalized spacial score (nSPS) is 21.0. The maximum Gasteiger partial charge on any atom is 0.416 e. The third-order valence-corrected chi connectivity index (χ3v) is 5.33. The lowest BCUT2D eigenvalue weighted by Gasteiger charge is -2.32. The van der Waals surface area contributed by atoms with E-state index in [1.807, 2.05) is 0 Å². The van der Waals surface area contributed by atoms with Gasteiger partial charge in [0.2, 0.25) is 5.91 Å². The maximum absolute atomic E-state index is 12.8. The fourth-order valence-electron chi connectivity index (χ4n) is 3.71. The first-order valence-corrected chi connectivity index (χ1v) is 9.87. The molecular weight excluding hydrogens is 399 g/mol. The van der Waals surface area contributed by atoms with E-state index in [1.54, 1.807) is 4.90 Å². The van der Waals surface area contributed by atoms with Gasteiger partial charge in [0.1, 0.15) is 18.4 Å². The number of piperidine rings is 1. The fraction of sp³-hybridized carbons (Fsp3) is 0.476. The predicted molar refractivity (Wildman–Crippen MR) is 105 cm³/mol. The minimum absolute atomic E-state index is 0.00980. The number of benzene rings is 1. The van der Waals surface area contributed by atoms with Crippen LogP contribution < -0.4 is 10.5 Å². The van der Waals surface area contributed by atoms with E-state index in [0.29, 0.717) is 45.1 Å². The summed E-state index contributed by atoms with van der Waals surface area (Å²) in [6.45, 7) is 0.892. The summed E-state index contributed by atoms with van der Waals surface area (Å²) in [5.41, 5.74) is 6.56. The highest BCUT2D eigenvalue weighted by atomic mass is 19.4. The fourth-order valence-corrected chi connectivity index (χ4v) is 3.71. The van der Waals surface area contributed by atoms with E-state index >= 15 is 0 Å². The number of likely N-dealkylation sites (tertiary alicyclic amines) is 1. The number of aliphatic imine (C=N–C) groups is 1. The van der Waals surface area contributed by atoms with Crippen LogP contribution in [0.15, 0.2) is 40.5 Å². The lowest BCUT2D eigenvalue weighted by Crippen LogP contribution is -2.42. The van der Waals surface area contributed by atoms with Crippen molar-refractivity contribution in [3.63, 3.8) is 0 Å². The molecule has 1 heterocycles. The number of nitrogens with two attached hydrogens (primary N) is 1. The number of hydrogen-bond donors (Lipinski definition) is 1. The highest BCUT2D eigenvalue weighted by molar-refractivity contribution is 6.06. The zero-order chi connectivity index (χ0) is 21.7. The van der Waals surface area contributed by atoms with Crippen molar-refractivity contribution in [2.75, 3.05) is 19.6 Å². The van der Waals surface area contributed by atoms with Crippen molar-refractivity contribution in [2.24, 2.45) is 10.7 Å². The number of nitrogens with zero attached hydrogens (tertiary/aromatic N) is 2. The summed E-state index contributed by atoms with van der Waals surface area (Å²) >= 11 is 0. The Labute approximate surface area is 172 Å². The van der Waals surface area contributed by atoms with Crippen LogP contribution in [-0.4, -0.2) is 48.5 Å². The molecule has 1 aromatic carbocycles. The second kappa shape index (κ2) is 9.32. The number of aldehydes is 1. The Morgan fingerprint density at radius 3 is 2.67 bits per heavy atom. The molecule has 30 heavy (non-hydrogen) atoms. The average molecular weight is 423 g/mol. The van der Waals surface area contributed by atoms with Crippen LogP contribution in [0.3, 0.4) is 0 Å². The standard InChI is InChI=1S/C21H24F3N3O3/c22-21(23,24)14-3-1-4-16(11-14)30-15-7-9-27(10-8-15)20(29)12-26-19-6-2-5-17(19)18(25)13-28/h1,3-4,11,13,15H,2,5-10,12,25H2. The van der Waals surface area contributed by atoms with Gasteiger partial charge in [-0.15, -0.1) is 0 Å². The molecule has 1 aliphatic carbocycles. The van der Waals surface area contributed by atoms with E-state index in [4.69, 9.17) is 10.5 Å². The molecule has 2 fully saturated rings. The van der Waals surface area contributed by atoms with Crippen LogP contribution >= 0.6 is 0 Å². The first kappa shape index (κ1) is 21.9. The number of ether oxygens (including phenoxy) is 1. The minimum atomic E-state index is -4.42. The van der Waals surface area contributed by atoms with Crippen LogP contribution in [0.5, 0.6) is 5.75 Å². The van der Waals surface area contributed by atoms with Crippen molar-refractivity contribution < 1.29 is 27.5 Å². The molecule has 1 amide bonds. The van der Waals surface area contributed by atoms with E-state index in [1.165, 1.54) is 12.1 Å². The molecule has 6 nitrogen and oxygen atoms in total. The van der Waals surface area contributed by atoms with Crippen molar-refractivity contribution in [1.82, 2.24) is 4.90 Å². The van der Waals surface area contributed by atoms with Crippen LogP contribution in [-0.2, 0) is 15.8 Å².